The minimum absolute atomic E-state index is 0.205. The quantitative estimate of drug-likeness (QED) is 0.688. The van der Waals surface area contributed by atoms with Gasteiger partial charge in [0.25, 0.3) is 0 Å². The normalized spacial score (nSPS) is 10.4. The molecule has 0 radical (unpaired) electrons. The van der Waals surface area contributed by atoms with Crippen molar-refractivity contribution in [2.24, 2.45) is 0 Å². The average molecular weight is 180 g/mol. The Labute approximate surface area is 78.5 Å². The standard InChI is InChI=1S/C10H16N2O/c1-7-6-9(8(2)12-7)10(13)4-5-11-3/h6,11-12H,4-5H2,1-3H3. The average Bonchev–Trinajstić information content (AvgIpc) is 2.41. The van der Waals surface area contributed by atoms with Gasteiger partial charge in [-0.05, 0) is 27.0 Å². The van der Waals surface area contributed by atoms with E-state index in [1.807, 2.05) is 27.0 Å². The van der Waals surface area contributed by atoms with Gasteiger partial charge in [0.1, 0.15) is 0 Å². The summed E-state index contributed by atoms with van der Waals surface area (Å²) >= 11 is 0. The van der Waals surface area contributed by atoms with E-state index in [0.717, 1.165) is 23.5 Å². The zero-order valence-electron chi connectivity index (χ0n) is 8.40. The summed E-state index contributed by atoms with van der Waals surface area (Å²) in [6.45, 7) is 4.63. The van der Waals surface area contributed by atoms with Crippen molar-refractivity contribution in [1.82, 2.24) is 10.3 Å². The SMILES string of the molecule is CNCCC(=O)c1cc(C)[nH]c1C. The van der Waals surface area contributed by atoms with Gasteiger partial charge < -0.3 is 10.3 Å². The topological polar surface area (TPSA) is 44.9 Å². The molecule has 2 N–H and O–H groups in total. The van der Waals surface area contributed by atoms with E-state index in [1.54, 1.807) is 0 Å². The first-order valence-corrected chi connectivity index (χ1v) is 4.49. The lowest BCUT2D eigenvalue weighted by Gasteiger charge is -1.98. The number of rotatable bonds is 4. The van der Waals surface area contributed by atoms with Gasteiger partial charge in [0.2, 0.25) is 0 Å². The summed E-state index contributed by atoms with van der Waals surface area (Å²) in [7, 11) is 1.85. The van der Waals surface area contributed by atoms with Crippen molar-refractivity contribution in [3.8, 4) is 0 Å². The Balaban J connectivity index is 2.70. The predicted octanol–water partition coefficient (Wildman–Crippen LogP) is 1.42. The van der Waals surface area contributed by atoms with Crippen LogP contribution in [0.25, 0.3) is 0 Å². The molecule has 1 aromatic rings. The number of aryl methyl sites for hydroxylation is 2. The Morgan fingerprint density at radius 1 is 1.54 bits per heavy atom. The number of nitrogens with one attached hydrogen (secondary N) is 2. The van der Waals surface area contributed by atoms with Gasteiger partial charge >= 0.3 is 0 Å². The van der Waals surface area contributed by atoms with Crippen LogP contribution in [0.15, 0.2) is 6.07 Å². The van der Waals surface area contributed by atoms with Crippen LogP contribution in [0.4, 0.5) is 0 Å². The van der Waals surface area contributed by atoms with Crippen LogP contribution in [0.5, 0.6) is 0 Å². The molecule has 0 saturated carbocycles. The molecule has 0 fully saturated rings. The maximum Gasteiger partial charge on any atom is 0.165 e. The summed E-state index contributed by atoms with van der Waals surface area (Å²) in [5.74, 6) is 0.205. The largest absolute Gasteiger partial charge is 0.362 e. The van der Waals surface area contributed by atoms with Crippen LogP contribution in [-0.4, -0.2) is 24.4 Å². The van der Waals surface area contributed by atoms with Gasteiger partial charge in [-0.15, -0.1) is 0 Å². The first kappa shape index (κ1) is 9.99. The maximum atomic E-state index is 11.6. The minimum atomic E-state index is 0.205. The van der Waals surface area contributed by atoms with Crippen LogP contribution in [0, 0.1) is 13.8 Å². The zero-order chi connectivity index (χ0) is 9.84. The summed E-state index contributed by atoms with van der Waals surface area (Å²) in [4.78, 5) is 14.7. The molecule has 3 heteroatoms. The number of hydrogen-bond acceptors (Lipinski definition) is 2. The predicted molar refractivity (Wildman–Crippen MR) is 53.1 cm³/mol. The van der Waals surface area contributed by atoms with E-state index < -0.39 is 0 Å². The lowest BCUT2D eigenvalue weighted by Crippen LogP contribution is -2.13. The fourth-order valence-corrected chi connectivity index (χ4v) is 1.39. The lowest BCUT2D eigenvalue weighted by atomic mass is 10.1. The van der Waals surface area contributed by atoms with Gasteiger partial charge in [-0.3, -0.25) is 4.79 Å². The van der Waals surface area contributed by atoms with Crippen molar-refractivity contribution < 1.29 is 4.79 Å². The van der Waals surface area contributed by atoms with Gasteiger partial charge in [-0.2, -0.15) is 0 Å². The molecule has 3 nitrogen and oxygen atoms in total. The fourth-order valence-electron chi connectivity index (χ4n) is 1.39. The highest BCUT2D eigenvalue weighted by molar-refractivity contribution is 5.97. The molecule has 72 valence electrons. The number of ketones is 1. The molecule has 0 saturated heterocycles. The van der Waals surface area contributed by atoms with Crippen molar-refractivity contribution in [1.29, 1.82) is 0 Å². The van der Waals surface area contributed by atoms with E-state index >= 15 is 0 Å². The first-order valence-electron chi connectivity index (χ1n) is 4.49. The summed E-state index contributed by atoms with van der Waals surface area (Å²) in [6, 6.07) is 1.91. The van der Waals surface area contributed by atoms with E-state index in [2.05, 4.69) is 10.3 Å². The first-order chi connectivity index (χ1) is 6.15. The van der Waals surface area contributed by atoms with Crippen LogP contribution in [0.3, 0.4) is 0 Å². The van der Waals surface area contributed by atoms with E-state index in [1.165, 1.54) is 0 Å². The van der Waals surface area contributed by atoms with Crippen molar-refractivity contribution in [2.45, 2.75) is 20.3 Å². The molecule has 0 aliphatic rings. The molecule has 0 spiro atoms. The molecule has 0 aromatic carbocycles. The van der Waals surface area contributed by atoms with Crippen LogP contribution in [-0.2, 0) is 0 Å². The van der Waals surface area contributed by atoms with Gasteiger partial charge in [-0.1, -0.05) is 0 Å². The summed E-state index contributed by atoms with van der Waals surface area (Å²) in [5.41, 5.74) is 2.84. The van der Waals surface area contributed by atoms with Crippen molar-refractivity contribution in [3.63, 3.8) is 0 Å². The molecule has 1 rings (SSSR count). The van der Waals surface area contributed by atoms with E-state index in [0.29, 0.717) is 6.42 Å². The summed E-state index contributed by atoms with van der Waals surface area (Å²) in [6.07, 6.45) is 0.564. The number of H-pyrrole nitrogens is 1. The number of aromatic amines is 1. The minimum Gasteiger partial charge on any atom is -0.362 e. The smallest absolute Gasteiger partial charge is 0.165 e. The molecule has 1 aromatic heterocycles. The van der Waals surface area contributed by atoms with E-state index in [-0.39, 0.29) is 5.78 Å². The van der Waals surface area contributed by atoms with Crippen LogP contribution in [0.2, 0.25) is 0 Å². The number of aromatic nitrogens is 1. The second kappa shape index (κ2) is 4.23. The number of Topliss-reactive ketones (excluding diaryl/α,β-unsaturated/α-hetero) is 1. The van der Waals surface area contributed by atoms with Crippen molar-refractivity contribution >= 4 is 5.78 Å². The molecular weight excluding hydrogens is 164 g/mol. The van der Waals surface area contributed by atoms with E-state index in [4.69, 9.17) is 0 Å². The highest BCUT2D eigenvalue weighted by atomic mass is 16.1. The molecule has 0 bridgehead atoms. The second-order valence-electron chi connectivity index (χ2n) is 3.27. The van der Waals surface area contributed by atoms with Gasteiger partial charge in [0, 0.05) is 29.9 Å². The fraction of sp³-hybridized carbons (Fsp3) is 0.500. The van der Waals surface area contributed by atoms with Crippen LogP contribution >= 0.6 is 0 Å². The van der Waals surface area contributed by atoms with Crippen molar-refractivity contribution in [2.75, 3.05) is 13.6 Å². The number of hydrogen-bond donors (Lipinski definition) is 2. The Hall–Kier alpha value is -1.09. The summed E-state index contributed by atoms with van der Waals surface area (Å²) in [5, 5.41) is 2.96. The zero-order valence-corrected chi connectivity index (χ0v) is 8.40. The molecule has 0 aliphatic carbocycles. The molecule has 13 heavy (non-hydrogen) atoms. The third kappa shape index (κ3) is 2.42. The number of carbonyl (C=O) groups is 1. The Morgan fingerprint density at radius 2 is 2.23 bits per heavy atom. The highest BCUT2D eigenvalue weighted by Crippen LogP contribution is 2.11. The Kier molecular flexibility index (Phi) is 3.25. The van der Waals surface area contributed by atoms with Gasteiger partial charge in [-0.25, -0.2) is 0 Å². The molecule has 0 aliphatic heterocycles. The molecule has 1 heterocycles. The lowest BCUT2D eigenvalue weighted by molar-refractivity contribution is 0.0983. The monoisotopic (exact) mass is 180 g/mol. The molecular formula is C10H16N2O. The van der Waals surface area contributed by atoms with Gasteiger partial charge in [0.05, 0.1) is 0 Å². The Bertz CT molecular complexity index is 302. The molecule has 0 unspecified atom stereocenters. The third-order valence-electron chi connectivity index (χ3n) is 2.05. The number of carbonyl (C=O) groups excluding carboxylic acids is 1. The maximum absolute atomic E-state index is 11.6. The highest BCUT2D eigenvalue weighted by Gasteiger charge is 2.10. The van der Waals surface area contributed by atoms with Crippen LogP contribution < -0.4 is 5.32 Å². The Morgan fingerprint density at radius 3 is 2.69 bits per heavy atom. The van der Waals surface area contributed by atoms with Crippen molar-refractivity contribution in [3.05, 3.63) is 23.0 Å². The van der Waals surface area contributed by atoms with Gasteiger partial charge in [0.15, 0.2) is 5.78 Å². The van der Waals surface area contributed by atoms with E-state index in [9.17, 15) is 4.79 Å². The summed E-state index contributed by atoms with van der Waals surface area (Å²) < 4.78 is 0. The molecule has 0 amide bonds. The third-order valence-corrected chi connectivity index (χ3v) is 2.05. The van der Waals surface area contributed by atoms with Crippen LogP contribution in [0.1, 0.15) is 28.2 Å². The second-order valence-corrected chi connectivity index (χ2v) is 3.27. The molecule has 0 atom stereocenters.